The van der Waals surface area contributed by atoms with Crippen molar-refractivity contribution < 1.29 is 53.2 Å². The van der Waals surface area contributed by atoms with Gasteiger partial charge in [0.2, 0.25) is 0 Å². The van der Waals surface area contributed by atoms with Crippen molar-refractivity contribution in [1.82, 2.24) is 0 Å². The van der Waals surface area contributed by atoms with Gasteiger partial charge in [-0.3, -0.25) is 0 Å². The molecule has 1 aromatic rings. The molecule has 0 saturated heterocycles. The fourth-order valence-corrected chi connectivity index (χ4v) is 0.654. The minimum Gasteiger partial charge on any atom is -0.507 e. The minimum atomic E-state index is -1.11. The Hall–Kier alpha value is -0.237. The van der Waals surface area contributed by atoms with Crippen LogP contribution < -0.4 is 0 Å². The van der Waals surface area contributed by atoms with Crippen LogP contribution in [0.4, 0.5) is 0 Å². The van der Waals surface area contributed by atoms with E-state index in [1.807, 2.05) is 0 Å². The third-order valence-electron chi connectivity index (χ3n) is 1.13. The third-order valence-corrected chi connectivity index (χ3v) is 1.13. The molecule has 3 nitrogen and oxygen atoms in total. The summed E-state index contributed by atoms with van der Waals surface area (Å²) in [6, 6.07) is 5.81. The fraction of sp³-hybridized carbons (Fsp3) is 0. The number of hydrogen-bond acceptors (Lipinski definition) is 2. The zero-order valence-electron chi connectivity index (χ0n) is 5.43. The summed E-state index contributed by atoms with van der Waals surface area (Å²) in [5, 5.41) is 17.3. The Bertz CT molecular complexity index is 260. The SMILES string of the molecule is O=C(O)c1ccccc1O.[Dy]. The number of phenols is 1. The summed E-state index contributed by atoms with van der Waals surface area (Å²) in [4.78, 5) is 10.3. The van der Waals surface area contributed by atoms with E-state index in [1.165, 1.54) is 12.1 Å². The average Bonchev–Trinajstić information content (AvgIpc) is 1.88. The third kappa shape index (κ3) is 2.70. The number of aromatic carboxylic acids is 1. The van der Waals surface area contributed by atoms with Gasteiger partial charge in [-0.25, -0.2) is 4.79 Å². The van der Waals surface area contributed by atoms with Crippen molar-refractivity contribution in [2.45, 2.75) is 0 Å². The largest absolute Gasteiger partial charge is 0.507 e. The maximum Gasteiger partial charge on any atom is 0.339 e. The van der Waals surface area contributed by atoms with Gasteiger partial charge in [0, 0.05) is 38.2 Å². The predicted molar refractivity (Wildman–Crippen MR) is 35.1 cm³/mol. The normalized spacial score (nSPS) is 8.36. The summed E-state index contributed by atoms with van der Waals surface area (Å²) in [6.45, 7) is 0. The van der Waals surface area contributed by atoms with Gasteiger partial charge in [-0.05, 0) is 12.1 Å². The Balaban J connectivity index is 0.000001000. The molecule has 0 aromatic heterocycles. The topological polar surface area (TPSA) is 57.5 Å². The molecule has 0 aliphatic carbocycles. The molecule has 0 fully saturated rings. The molecule has 0 spiro atoms. The number of para-hydroxylation sites is 1. The van der Waals surface area contributed by atoms with Gasteiger partial charge in [-0.1, -0.05) is 12.1 Å². The van der Waals surface area contributed by atoms with Crippen LogP contribution in [-0.2, 0) is 0 Å². The van der Waals surface area contributed by atoms with Crippen molar-refractivity contribution in [3.05, 3.63) is 29.8 Å². The van der Waals surface area contributed by atoms with Gasteiger partial charge in [-0.15, -0.1) is 0 Å². The molecule has 0 saturated carbocycles. The number of carboxylic acid groups (broad SMARTS) is 1. The van der Waals surface area contributed by atoms with Gasteiger partial charge in [0.05, 0.1) is 0 Å². The van der Waals surface area contributed by atoms with Crippen LogP contribution in [0.25, 0.3) is 0 Å². The molecule has 1 aromatic carbocycles. The standard InChI is InChI=1S/C7H6O3.Dy/c8-6-4-2-1-3-5(6)7(9)10;/h1-4,8H,(H,9,10);. The fourth-order valence-electron chi connectivity index (χ4n) is 0.654. The second-order valence-electron chi connectivity index (χ2n) is 1.82. The Morgan fingerprint density at radius 2 is 1.82 bits per heavy atom. The molecule has 62 valence electrons. The summed E-state index contributed by atoms with van der Waals surface area (Å²) in [7, 11) is 0. The molecule has 0 aliphatic rings. The summed E-state index contributed by atoms with van der Waals surface area (Å²) in [5.74, 6) is -1.31. The van der Waals surface area contributed by atoms with E-state index in [-0.39, 0.29) is 49.5 Å². The van der Waals surface area contributed by atoms with Crippen LogP contribution in [0.5, 0.6) is 5.75 Å². The number of carboxylic acids is 1. The van der Waals surface area contributed by atoms with Crippen molar-refractivity contribution in [3.8, 4) is 5.75 Å². The van der Waals surface area contributed by atoms with Crippen LogP contribution in [0.15, 0.2) is 24.3 Å². The molecule has 0 aliphatic heterocycles. The van der Waals surface area contributed by atoms with E-state index < -0.39 is 5.97 Å². The zero-order valence-corrected chi connectivity index (χ0v) is 7.46. The zero-order chi connectivity index (χ0) is 7.56. The molecule has 1 rings (SSSR count). The van der Waals surface area contributed by atoms with Crippen LogP contribution in [0.1, 0.15) is 10.4 Å². The smallest absolute Gasteiger partial charge is 0.339 e. The van der Waals surface area contributed by atoms with Gasteiger partial charge >= 0.3 is 5.97 Å². The molecule has 4 heteroatoms. The molecule has 0 amide bonds. The Kier molecular flexibility index (Phi) is 4.50. The second-order valence-corrected chi connectivity index (χ2v) is 1.82. The Labute approximate surface area is 94.1 Å². The first-order valence-corrected chi connectivity index (χ1v) is 2.73. The average molecular weight is 301 g/mol. The maximum atomic E-state index is 10.3. The van der Waals surface area contributed by atoms with Crippen LogP contribution in [0.2, 0.25) is 0 Å². The van der Waals surface area contributed by atoms with Crippen LogP contribution in [0.3, 0.4) is 0 Å². The first-order valence-electron chi connectivity index (χ1n) is 2.73. The molecule has 11 heavy (non-hydrogen) atoms. The monoisotopic (exact) mass is 302 g/mol. The molecule has 0 radical (unpaired) electrons. The molecule has 2 N–H and O–H groups in total. The molecule has 0 unspecified atom stereocenters. The molecular formula is C7H6DyO3. The number of rotatable bonds is 1. The van der Waals surface area contributed by atoms with E-state index >= 15 is 0 Å². The summed E-state index contributed by atoms with van der Waals surface area (Å²) >= 11 is 0. The van der Waals surface area contributed by atoms with Crippen LogP contribution in [-0.4, -0.2) is 16.2 Å². The molecule has 0 atom stereocenters. The van der Waals surface area contributed by atoms with Crippen molar-refractivity contribution in [1.29, 1.82) is 0 Å². The Morgan fingerprint density at radius 1 is 1.27 bits per heavy atom. The number of carbonyl (C=O) groups is 1. The first kappa shape index (κ1) is 10.8. The number of hydrogen-bond donors (Lipinski definition) is 2. The summed E-state index contributed by atoms with van der Waals surface area (Å²) < 4.78 is 0. The number of aromatic hydroxyl groups is 1. The second kappa shape index (κ2) is 4.60. The molecule has 0 heterocycles. The summed E-state index contributed by atoms with van der Waals surface area (Å²) in [5.41, 5.74) is -0.0671. The minimum absolute atomic E-state index is 0. The van der Waals surface area contributed by atoms with Gasteiger partial charge in [0.1, 0.15) is 11.3 Å². The van der Waals surface area contributed by atoms with Crippen molar-refractivity contribution in [2.24, 2.45) is 0 Å². The van der Waals surface area contributed by atoms with Gasteiger partial charge < -0.3 is 10.2 Å². The van der Waals surface area contributed by atoms with Gasteiger partial charge in [0.15, 0.2) is 0 Å². The van der Waals surface area contributed by atoms with Gasteiger partial charge in [0.25, 0.3) is 0 Å². The molecule has 0 bridgehead atoms. The van der Waals surface area contributed by atoms with Crippen LogP contribution in [0, 0.1) is 38.2 Å². The number of benzene rings is 1. The van der Waals surface area contributed by atoms with E-state index in [9.17, 15) is 4.79 Å². The quantitative estimate of drug-likeness (QED) is 0.816. The summed E-state index contributed by atoms with van der Waals surface area (Å²) in [6.07, 6.45) is 0. The predicted octanol–water partition coefficient (Wildman–Crippen LogP) is 1.09. The van der Waals surface area contributed by atoms with Crippen molar-refractivity contribution in [3.63, 3.8) is 0 Å². The van der Waals surface area contributed by atoms with Crippen molar-refractivity contribution in [2.75, 3.05) is 0 Å². The van der Waals surface area contributed by atoms with E-state index in [4.69, 9.17) is 10.2 Å². The Morgan fingerprint density at radius 3 is 2.18 bits per heavy atom. The maximum absolute atomic E-state index is 10.3. The molecular weight excluding hydrogens is 295 g/mol. The van der Waals surface area contributed by atoms with E-state index in [1.54, 1.807) is 12.1 Å². The van der Waals surface area contributed by atoms with Crippen molar-refractivity contribution >= 4 is 5.97 Å². The van der Waals surface area contributed by atoms with E-state index in [2.05, 4.69) is 0 Å². The van der Waals surface area contributed by atoms with Crippen LogP contribution >= 0.6 is 0 Å². The van der Waals surface area contributed by atoms with E-state index in [0.29, 0.717) is 0 Å². The van der Waals surface area contributed by atoms with Gasteiger partial charge in [-0.2, -0.15) is 0 Å². The van der Waals surface area contributed by atoms with E-state index in [0.717, 1.165) is 0 Å². The first-order chi connectivity index (χ1) is 4.72.